The maximum Gasteiger partial charge on any atom is 0.300 e. The highest BCUT2D eigenvalue weighted by molar-refractivity contribution is 6.31. The van der Waals surface area contributed by atoms with Crippen LogP contribution < -0.4 is 10.1 Å². The van der Waals surface area contributed by atoms with Gasteiger partial charge in [0, 0.05) is 28.8 Å². The number of nitrogens with zero attached hydrogens (tertiary/aromatic N) is 2. The van der Waals surface area contributed by atoms with Gasteiger partial charge in [0.15, 0.2) is 0 Å². The number of ether oxygens (including phenoxy) is 1. The first-order chi connectivity index (χ1) is 15.3. The van der Waals surface area contributed by atoms with Gasteiger partial charge in [-0.1, -0.05) is 25.4 Å². The molecule has 3 aromatic rings. The van der Waals surface area contributed by atoms with Gasteiger partial charge < -0.3 is 20.1 Å². The van der Waals surface area contributed by atoms with Crippen molar-refractivity contribution in [3.05, 3.63) is 41.4 Å². The fraction of sp³-hybridized carbons (Fsp3) is 0.440. The van der Waals surface area contributed by atoms with E-state index in [-0.39, 0.29) is 0 Å². The number of nitrogens with one attached hydrogen (secondary N) is 1. The quantitative estimate of drug-likeness (QED) is 0.378. The molecule has 32 heavy (non-hydrogen) atoms. The van der Waals surface area contributed by atoms with E-state index in [0.29, 0.717) is 11.1 Å². The third kappa shape index (κ3) is 7.24. The van der Waals surface area contributed by atoms with Crippen molar-refractivity contribution in [2.24, 2.45) is 0 Å². The number of rotatable bonds is 9. The molecule has 0 saturated heterocycles. The van der Waals surface area contributed by atoms with Crippen molar-refractivity contribution >= 4 is 45.1 Å². The van der Waals surface area contributed by atoms with Gasteiger partial charge in [0.1, 0.15) is 5.75 Å². The number of carbonyl (C=O) groups is 1. The van der Waals surface area contributed by atoms with Gasteiger partial charge in [-0.15, -0.1) is 0 Å². The molecule has 0 amide bonds. The summed E-state index contributed by atoms with van der Waals surface area (Å²) in [6.45, 7) is 11.1. The first-order valence-corrected chi connectivity index (χ1v) is 11.4. The number of hydrogen-bond acceptors (Lipinski definition) is 5. The molecule has 0 fully saturated rings. The topological polar surface area (TPSA) is 74.7 Å². The molecule has 1 aromatic heterocycles. The number of halogens is 1. The lowest BCUT2D eigenvalue weighted by Crippen LogP contribution is -2.25. The molecule has 3 rings (SSSR count). The Morgan fingerprint density at radius 2 is 1.84 bits per heavy atom. The molecule has 1 unspecified atom stereocenters. The van der Waals surface area contributed by atoms with Crippen LogP contribution in [0.4, 0.5) is 5.69 Å². The average Bonchev–Trinajstić information content (AvgIpc) is 2.75. The zero-order valence-electron chi connectivity index (χ0n) is 19.6. The summed E-state index contributed by atoms with van der Waals surface area (Å²) in [6, 6.07) is 12.3. The van der Waals surface area contributed by atoms with E-state index in [1.54, 1.807) is 7.11 Å². The van der Waals surface area contributed by atoms with E-state index >= 15 is 0 Å². The van der Waals surface area contributed by atoms with Crippen LogP contribution in [0, 0.1) is 0 Å². The fourth-order valence-corrected chi connectivity index (χ4v) is 3.82. The molecule has 0 aliphatic carbocycles. The van der Waals surface area contributed by atoms with Crippen molar-refractivity contribution in [1.29, 1.82) is 0 Å². The predicted molar refractivity (Wildman–Crippen MR) is 134 cm³/mol. The average molecular weight is 460 g/mol. The smallest absolute Gasteiger partial charge is 0.300 e. The normalized spacial score (nSPS) is 11.8. The number of carboxylic acids is 1. The second-order valence-corrected chi connectivity index (χ2v) is 8.20. The van der Waals surface area contributed by atoms with Crippen LogP contribution in [0.5, 0.6) is 5.75 Å². The van der Waals surface area contributed by atoms with Crippen molar-refractivity contribution in [2.45, 2.75) is 46.6 Å². The highest BCUT2D eigenvalue weighted by atomic mass is 35.5. The van der Waals surface area contributed by atoms with E-state index < -0.39 is 5.97 Å². The summed E-state index contributed by atoms with van der Waals surface area (Å²) in [4.78, 5) is 16.3. The summed E-state index contributed by atoms with van der Waals surface area (Å²) in [5.41, 5.74) is 2.95. The van der Waals surface area contributed by atoms with E-state index in [1.165, 1.54) is 6.42 Å². The third-order valence-corrected chi connectivity index (χ3v) is 5.57. The van der Waals surface area contributed by atoms with Gasteiger partial charge in [0.05, 0.1) is 23.8 Å². The van der Waals surface area contributed by atoms with E-state index in [1.807, 2.05) is 24.3 Å². The minimum absolute atomic E-state index is 0.353. The van der Waals surface area contributed by atoms with Crippen LogP contribution in [0.15, 0.2) is 36.4 Å². The molecule has 0 saturated carbocycles. The van der Waals surface area contributed by atoms with Crippen LogP contribution in [0.2, 0.25) is 5.02 Å². The standard InChI is InChI=1S/C23H30ClN3O.C2H4O2/c1-5-27(6-2)13-7-8-16(3)25-23-19-11-9-17(24)14-22(19)26-21-12-10-18(28-4)15-20(21)23;1-2(3)4/h9-12,14-16H,5-8,13H2,1-4H3,(H,25,26);1H3,(H,3,4). The fourth-order valence-electron chi connectivity index (χ4n) is 3.66. The Morgan fingerprint density at radius 3 is 2.47 bits per heavy atom. The highest BCUT2D eigenvalue weighted by Crippen LogP contribution is 2.34. The van der Waals surface area contributed by atoms with Crippen LogP contribution in [0.25, 0.3) is 21.8 Å². The van der Waals surface area contributed by atoms with Gasteiger partial charge in [-0.3, -0.25) is 4.79 Å². The predicted octanol–water partition coefficient (Wildman–Crippen LogP) is 6.06. The van der Waals surface area contributed by atoms with Crippen molar-refractivity contribution in [2.75, 3.05) is 32.1 Å². The first kappa shape index (κ1) is 25.7. The Kier molecular flexibility index (Phi) is 10.0. The SMILES string of the molecule is CC(=O)O.CCN(CC)CCCC(C)Nc1c2ccc(Cl)cc2nc2ccc(OC)cc12. The Morgan fingerprint density at radius 1 is 1.16 bits per heavy atom. The molecule has 2 N–H and O–H groups in total. The van der Waals surface area contributed by atoms with Gasteiger partial charge in [-0.25, -0.2) is 4.98 Å². The lowest BCUT2D eigenvalue weighted by Gasteiger charge is -2.22. The molecular formula is C25H34ClN3O3. The number of aromatic nitrogens is 1. The van der Waals surface area contributed by atoms with Crippen molar-refractivity contribution < 1.29 is 14.6 Å². The number of aliphatic carboxylic acids is 1. The van der Waals surface area contributed by atoms with Crippen LogP contribution in [-0.2, 0) is 4.79 Å². The van der Waals surface area contributed by atoms with E-state index in [2.05, 4.69) is 43.1 Å². The molecule has 6 nitrogen and oxygen atoms in total. The number of fused-ring (bicyclic) bond motifs is 2. The lowest BCUT2D eigenvalue weighted by atomic mass is 10.1. The maximum absolute atomic E-state index is 9.00. The van der Waals surface area contributed by atoms with Crippen molar-refractivity contribution in [1.82, 2.24) is 9.88 Å². The van der Waals surface area contributed by atoms with Crippen molar-refractivity contribution in [3.63, 3.8) is 0 Å². The second kappa shape index (κ2) is 12.5. The highest BCUT2D eigenvalue weighted by Gasteiger charge is 2.13. The molecule has 1 atom stereocenters. The largest absolute Gasteiger partial charge is 0.497 e. The second-order valence-electron chi connectivity index (χ2n) is 7.76. The third-order valence-electron chi connectivity index (χ3n) is 5.34. The minimum atomic E-state index is -0.833. The minimum Gasteiger partial charge on any atom is -0.497 e. The molecule has 1 heterocycles. The Bertz CT molecular complexity index is 1030. The number of anilines is 1. The molecule has 7 heteroatoms. The molecule has 0 radical (unpaired) electrons. The molecule has 0 bridgehead atoms. The lowest BCUT2D eigenvalue weighted by molar-refractivity contribution is -0.134. The number of hydrogen-bond donors (Lipinski definition) is 2. The van der Waals surface area contributed by atoms with Gasteiger partial charge in [-0.2, -0.15) is 0 Å². The van der Waals surface area contributed by atoms with E-state index in [0.717, 1.165) is 66.2 Å². The number of benzene rings is 2. The summed E-state index contributed by atoms with van der Waals surface area (Å²) in [5, 5.41) is 14.0. The molecule has 0 spiro atoms. The first-order valence-electron chi connectivity index (χ1n) is 11.0. The van der Waals surface area contributed by atoms with Crippen LogP contribution in [0.3, 0.4) is 0 Å². The van der Waals surface area contributed by atoms with Gasteiger partial charge in [0.2, 0.25) is 0 Å². The maximum atomic E-state index is 9.00. The summed E-state index contributed by atoms with van der Waals surface area (Å²) >= 11 is 6.22. The number of methoxy groups -OCH3 is 1. The Labute approximate surface area is 195 Å². The zero-order chi connectivity index (χ0) is 23.7. The molecule has 174 valence electrons. The van der Waals surface area contributed by atoms with E-state index in [9.17, 15) is 0 Å². The summed E-state index contributed by atoms with van der Waals surface area (Å²) in [7, 11) is 1.69. The van der Waals surface area contributed by atoms with Crippen LogP contribution in [0.1, 0.15) is 40.5 Å². The molecule has 2 aromatic carbocycles. The zero-order valence-corrected chi connectivity index (χ0v) is 20.4. The monoisotopic (exact) mass is 459 g/mol. The molecular weight excluding hydrogens is 426 g/mol. The Balaban J connectivity index is 0.000000837. The van der Waals surface area contributed by atoms with Gasteiger partial charge in [-0.05, 0) is 75.8 Å². The van der Waals surface area contributed by atoms with Crippen LogP contribution in [-0.4, -0.2) is 53.7 Å². The van der Waals surface area contributed by atoms with Gasteiger partial charge in [0.25, 0.3) is 5.97 Å². The summed E-state index contributed by atoms with van der Waals surface area (Å²) in [5.74, 6) is -0.000139. The van der Waals surface area contributed by atoms with Crippen LogP contribution >= 0.6 is 11.6 Å². The number of carboxylic acid groups (broad SMARTS) is 1. The molecule has 0 aliphatic rings. The summed E-state index contributed by atoms with van der Waals surface area (Å²) in [6.07, 6.45) is 2.28. The number of pyridine rings is 1. The van der Waals surface area contributed by atoms with Crippen molar-refractivity contribution in [3.8, 4) is 5.75 Å². The molecule has 0 aliphatic heterocycles. The summed E-state index contributed by atoms with van der Waals surface area (Å²) < 4.78 is 5.45. The van der Waals surface area contributed by atoms with Gasteiger partial charge >= 0.3 is 0 Å². The van der Waals surface area contributed by atoms with E-state index in [4.69, 9.17) is 31.2 Å². The Hall–Kier alpha value is -2.57.